The van der Waals surface area contributed by atoms with Gasteiger partial charge in [-0.2, -0.15) is 0 Å². The molecule has 5 nitrogen and oxygen atoms in total. The van der Waals surface area contributed by atoms with Crippen LogP contribution in [-0.2, 0) is 9.53 Å². The molecular formula is C19H19N3O2S2. The van der Waals surface area contributed by atoms with Crippen molar-refractivity contribution in [1.82, 2.24) is 14.8 Å². The summed E-state index contributed by atoms with van der Waals surface area (Å²) in [6, 6.07) is 14.2. The zero-order valence-electron chi connectivity index (χ0n) is 14.4. The second-order valence-electron chi connectivity index (χ2n) is 6.05. The van der Waals surface area contributed by atoms with E-state index in [0.29, 0.717) is 12.6 Å². The lowest BCUT2D eigenvalue weighted by atomic mass is 10.1. The lowest BCUT2D eigenvalue weighted by Gasteiger charge is -2.16. The number of nitrogens with zero attached hydrogens (tertiary/aromatic N) is 3. The first-order chi connectivity index (χ1) is 12.8. The molecule has 0 N–H and O–H groups in total. The van der Waals surface area contributed by atoms with Crippen molar-refractivity contribution in [3.63, 3.8) is 0 Å². The van der Waals surface area contributed by atoms with Crippen LogP contribution in [-0.4, -0.2) is 27.3 Å². The molecule has 4 rings (SSSR count). The van der Waals surface area contributed by atoms with Crippen LogP contribution in [0.2, 0.25) is 0 Å². The van der Waals surface area contributed by atoms with Gasteiger partial charge in [0.15, 0.2) is 11.0 Å². The molecule has 1 saturated carbocycles. The lowest BCUT2D eigenvalue weighted by molar-refractivity contribution is -0.142. The summed E-state index contributed by atoms with van der Waals surface area (Å²) >= 11 is 3.08. The van der Waals surface area contributed by atoms with Crippen LogP contribution in [0.4, 0.5) is 0 Å². The lowest BCUT2D eigenvalue weighted by Crippen LogP contribution is -2.14. The first-order valence-electron chi connectivity index (χ1n) is 8.65. The Bertz CT molecular complexity index is 874. The minimum atomic E-state index is -0.450. The highest BCUT2D eigenvalue weighted by Crippen LogP contribution is 2.44. The Morgan fingerprint density at radius 1 is 1.27 bits per heavy atom. The topological polar surface area (TPSA) is 57.0 Å². The highest BCUT2D eigenvalue weighted by molar-refractivity contribution is 8.00. The number of rotatable bonds is 7. The van der Waals surface area contributed by atoms with Crippen LogP contribution in [0, 0.1) is 0 Å². The molecule has 3 aromatic rings. The number of hydrogen-bond donors (Lipinski definition) is 0. The van der Waals surface area contributed by atoms with Gasteiger partial charge in [-0.05, 0) is 36.8 Å². The van der Waals surface area contributed by atoms with Gasteiger partial charge in [-0.15, -0.1) is 21.5 Å². The number of esters is 1. The van der Waals surface area contributed by atoms with Crippen LogP contribution in [0.5, 0.6) is 0 Å². The summed E-state index contributed by atoms with van der Waals surface area (Å²) in [7, 11) is 0. The highest BCUT2D eigenvalue weighted by Gasteiger charge is 2.33. The molecule has 0 unspecified atom stereocenters. The molecule has 0 bridgehead atoms. The zero-order chi connectivity index (χ0) is 17.9. The second-order valence-corrected chi connectivity index (χ2v) is 8.07. The molecular weight excluding hydrogens is 366 g/mol. The first kappa shape index (κ1) is 17.3. The molecule has 7 heteroatoms. The molecule has 0 saturated heterocycles. The monoisotopic (exact) mass is 385 g/mol. The second kappa shape index (κ2) is 7.63. The van der Waals surface area contributed by atoms with E-state index in [1.54, 1.807) is 11.3 Å². The number of carbonyl (C=O) groups is 1. The number of carbonyl (C=O) groups excluding carboxylic acids is 1. The number of aromatic nitrogens is 3. The zero-order valence-corrected chi connectivity index (χ0v) is 16.0. The fourth-order valence-corrected chi connectivity index (χ4v) is 4.61. The Hall–Kier alpha value is -2.12. The minimum absolute atomic E-state index is 0.244. The minimum Gasteiger partial charge on any atom is -0.465 e. The van der Waals surface area contributed by atoms with Crippen molar-refractivity contribution < 1.29 is 9.53 Å². The van der Waals surface area contributed by atoms with E-state index in [4.69, 9.17) is 4.74 Å². The van der Waals surface area contributed by atoms with Gasteiger partial charge in [-0.25, -0.2) is 0 Å². The van der Waals surface area contributed by atoms with Gasteiger partial charge in [0.05, 0.1) is 11.5 Å². The van der Waals surface area contributed by atoms with E-state index < -0.39 is 5.25 Å². The van der Waals surface area contributed by atoms with Gasteiger partial charge in [-0.3, -0.25) is 9.36 Å². The summed E-state index contributed by atoms with van der Waals surface area (Å²) in [4.78, 5) is 13.7. The van der Waals surface area contributed by atoms with E-state index in [1.165, 1.54) is 11.8 Å². The van der Waals surface area contributed by atoms with Gasteiger partial charge in [-0.1, -0.05) is 48.2 Å². The van der Waals surface area contributed by atoms with Crippen molar-refractivity contribution in [3.8, 4) is 10.7 Å². The maximum absolute atomic E-state index is 12.6. The highest BCUT2D eigenvalue weighted by atomic mass is 32.2. The molecule has 0 amide bonds. The summed E-state index contributed by atoms with van der Waals surface area (Å²) in [5, 5.41) is 11.2. The predicted octanol–water partition coefficient (Wildman–Crippen LogP) is 4.74. The molecule has 0 aliphatic heterocycles. The fraction of sp³-hybridized carbons (Fsp3) is 0.316. The van der Waals surface area contributed by atoms with Gasteiger partial charge in [0, 0.05) is 6.04 Å². The van der Waals surface area contributed by atoms with Crippen molar-refractivity contribution in [2.24, 2.45) is 0 Å². The van der Waals surface area contributed by atoms with Gasteiger partial charge < -0.3 is 4.74 Å². The molecule has 2 heterocycles. The van der Waals surface area contributed by atoms with Crippen molar-refractivity contribution in [1.29, 1.82) is 0 Å². The number of thiophene rings is 1. The standard InChI is InChI=1S/C19H19N3O2S2/c1-2-24-18(23)16(13-7-4-3-5-8-13)26-19-21-20-17(15-9-6-12-25-15)22(19)14-10-11-14/h3-9,12,14,16H,2,10-11H2,1H3/t16-/m0/s1. The molecule has 26 heavy (non-hydrogen) atoms. The van der Waals surface area contributed by atoms with Crippen LogP contribution < -0.4 is 0 Å². The van der Waals surface area contributed by atoms with Crippen LogP contribution >= 0.6 is 23.1 Å². The summed E-state index contributed by atoms with van der Waals surface area (Å²) < 4.78 is 7.50. The third kappa shape index (κ3) is 3.54. The molecule has 1 aromatic carbocycles. The number of thioether (sulfide) groups is 1. The number of ether oxygens (including phenoxy) is 1. The maximum Gasteiger partial charge on any atom is 0.324 e. The summed E-state index contributed by atoms with van der Waals surface area (Å²) in [6.45, 7) is 2.19. The van der Waals surface area contributed by atoms with E-state index >= 15 is 0 Å². The molecule has 1 fully saturated rings. The Labute approximate surface area is 160 Å². The van der Waals surface area contributed by atoms with Gasteiger partial charge >= 0.3 is 5.97 Å². The first-order valence-corrected chi connectivity index (χ1v) is 10.4. The molecule has 0 radical (unpaired) electrons. The Balaban J connectivity index is 1.69. The van der Waals surface area contributed by atoms with E-state index in [9.17, 15) is 4.79 Å². The van der Waals surface area contributed by atoms with Crippen LogP contribution in [0.1, 0.15) is 36.6 Å². The molecule has 2 aromatic heterocycles. The van der Waals surface area contributed by atoms with Gasteiger partial charge in [0.1, 0.15) is 5.25 Å². The van der Waals surface area contributed by atoms with Crippen molar-refractivity contribution in [3.05, 3.63) is 53.4 Å². The molecule has 1 aliphatic rings. The average molecular weight is 386 g/mol. The summed E-state index contributed by atoms with van der Waals surface area (Å²) in [5.41, 5.74) is 0.916. The Morgan fingerprint density at radius 2 is 2.08 bits per heavy atom. The normalized spacial score (nSPS) is 15.0. The average Bonchev–Trinajstić information content (AvgIpc) is 3.19. The van der Waals surface area contributed by atoms with Gasteiger partial charge in [0.2, 0.25) is 0 Å². The number of hydrogen-bond acceptors (Lipinski definition) is 6. The predicted molar refractivity (Wildman–Crippen MR) is 103 cm³/mol. The van der Waals surface area contributed by atoms with Gasteiger partial charge in [0.25, 0.3) is 0 Å². The number of benzene rings is 1. The quantitative estimate of drug-likeness (QED) is 0.434. The Morgan fingerprint density at radius 3 is 2.73 bits per heavy atom. The van der Waals surface area contributed by atoms with E-state index in [-0.39, 0.29) is 5.97 Å². The fourth-order valence-electron chi connectivity index (χ4n) is 2.80. The molecule has 0 spiro atoms. The smallest absolute Gasteiger partial charge is 0.324 e. The van der Waals surface area contributed by atoms with E-state index in [0.717, 1.165) is 34.3 Å². The van der Waals surface area contributed by atoms with E-state index in [1.807, 2.05) is 48.7 Å². The Kier molecular flexibility index (Phi) is 5.08. The van der Waals surface area contributed by atoms with E-state index in [2.05, 4.69) is 20.8 Å². The third-order valence-electron chi connectivity index (χ3n) is 4.14. The van der Waals surface area contributed by atoms with Crippen molar-refractivity contribution in [2.75, 3.05) is 6.61 Å². The molecule has 134 valence electrons. The SMILES string of the molecule is CCOC(=O)[C@@H](Sc1nnc(-c2cccs2)n1C1CC1)c1ccccc1. The molecule has 1 aliphatic carbocycles. The molecule has 1 atom stereocenters. The summed E-state index contributed by atoms with van der Waals surface area (Å²) in [6.07, 6.45) is 2.25. The van der Waals surface area contributed by atoms with Crippen LogP contribution in [0.15, 0.2) is 53.0 Å². The third-order valence-corrected chi connectivity index (χ3v) is 6.20. The van der Waals surface area contributed by atoms with Crippen molar-refractivity contribution >= 4 is 29.1 Å². The largest absolute Gasteiger partial charge is 0.465 e. The van der Waals surface area contributed by atoms with Crippen LogP contribution in [0.3, 0.4) is 0 Å². The summed E-state index contributed by atoms with van der Waals surface area (Å²) in [5.74, 6) is 0.646. The van der Waals surface area contributed by atoms with Crippen LogP contribution in [0.25, 0.3) is 10.7 Å². The maximum atomic E-state index is 12.6. The van der Waals surface area contributed by atoms with Crippen molar-refractivity contribution in [2.45, 2.75) is 36.2 Å².